The topological polar surface area (TPSA) is 63.0 Å². The smallest absolute Gasteiger partial charge is 0.173 e. The molecule has 3 aromatic rings. The normalized spacial score (nSPS) is 10.4. The largest absolute Gasteiger partial charge is 0.497 e. The number of methoxy groups -OCH3 is 1. The summed E-state index contributed by atoms with van der Waals surface area (Å²) in [5.41, 5.74) is 3.04. The summed E-state index contributed by atoms with van der Waals surface area (Å²) < 4.78 is 5.10. The van der Waals surface area contributed by atoms with Crippen LogP contribution in [0.1, 0.15) is 21.5 Å². The van der Waals surface area contributed by atoms with Crippen LogP contribution in [-0.4, -0.2) is 23.6 Å². The lowest BCUT2D eigenvalue weighted by atomic mass is 10.1. The summed E-state index contributed by atoms with van der Waals surface area (Å²) in [5.74, 6) is 0.927. The van der Waals surface area contributed by atoms with Crippen LogP contribution in [0.15, 0.2) is 53.6 Å². The summed E-state index contributed by atoms with van der Waals surface area (Å²) in [7, 11) is 1.59. The minimum atomic E-state index is -0.0114. The van der Waals surface area contributed by atoms with Crippen LogP contribution in [0.25, 0.3) is 10.9 Å². The van der Waals surface area contributed by atoms with Crippen LogP contribution in [-0.2, 0) is 0 Å². The van der Waals surface area contributed by atoms with E-state index < -0.39 is 0 Å². The summed E-state index contributed by atoms with van der Waals surface area (Å²) in [4.78, 5) is 16.9. The number of thioether (sulfide) groups is 1. The molecule has 2 aromatic carbocycles. The van der Waals surface area contributed by atoms with Gasteiger partial charge in [-0.3, -0.25) is 4.79 Å². The van der Waals surface area contributed by atoms with Crippen molar-refractivity contribution >= 4 is 28.4 Å². The molecule has 0 spiro atoms. The number of carbonyl (C=O) groups is 1. The van der Waals surface area contributed by atoms with Crippen LogP contribution >= 0.6 is 11.8 Å². The fourth-order valence-electron chi connectivity index (χ4n) is 2.44. The number of aromatic nitrogens is 1. The quantitative estimate of drug-likeness (QED) is 0.505. The Balaban J connectivity index is 1.81. The second kappa shape index (κ2) is 7.37. The number of fused-ring (bicyclic) bond motifs is 1. The minimum absolute atomic E-state index is 0.0114. The fraction of sp³-hybridized carbons (Fsp3) is 0.150. The molecule has 0 fully saturated rings. The molecule has 124 valence electrons. The van der Waals surface area contributed by atoms with E-state index in [4.69, 9.17) is 4.74 Å². The Morgan fingerprint density at radius 2 is 1.96 bits per heavy atom. The van der Waals surface area contributed by atoms with Crippen LogP contribution in [0.2, 0.25) is 0 Å². The summed E-state index contributed by atoms with van der Waals surface area (Å²) >= 11 is 1.29. The molecule has 4 nitrogen and oxygen atoms in total. The van der Waals surface area contributed by atoms with Gasteiger partial charge in [0.1, 0.15) is 16.8 Å². The zero-order chi connectivity index (χ0) is 17.8. The Kier molecular flexibility index (Phi) is 5.01. The van der Waals surface area contributed by atoms with Crippen molar-refractivity contribution in [3.8, 4) is 11.8 Å². The van der Waals surface area contributed by atoms with Gasteiger partial charge in [0.25, 0.3) is 0 Å². The molecule has 5 heteroatoms. The average molecular weight is 348 g/mol. The van der Waals surface area contributed by atoms with Crippen molar-refractivity contribution in [2.24, 2.45) is 0 Å². The summed E-state index contributed by atoms with van der Waals surface area (Å²) in [5, 5.41) is 10.9. The summed E-state index contributed by atoms with van der Waals surface area (Å²) in [6.45, 7) is 2.00. The second-order valence-electron chi connectivity index (χ2n) is 5.59. The molecule has 0 atom stereocenters. The van der Waals surface area contributed by atoms with Crippen LogP contribution in [0.5, 0.6) is 5.75 Å². The number of nitriles is 1. The maximum Gasteiger partial charge on any atom is 0.173 e. The van der Waals surface area contributed by atoms with Gasteiger partial charge in [0.15, 0.2) is 5.78 Å². The van der Waals surface area contributed by atoms with Gasteiger partial charge in [-0.15, -0.1) is 0 Å². The van der Waals surface area contributed by atoms with E-state index in [0.717, 1.165) is 16.5 Å². The molecule has 1 aromatic heterocycles. The van der Waals surface area contributed by atoms with Gasteiger partial charge < -0.3 is 4.74 Å². The summed E-state index contributed by atoms with van der Waals surface area (Å²) in [6.07, 6.45) is 0. The zero-order valence-electron chi connectivity index (χ0n) is 13.9. The molecule has 0 saturated carbocycles. The first-order chi connectivity index (χ1) is 12.1. The van der Waals surface area contributed by atoms with Gasteiger partial charge in [0.05, 0.1) is 23.9 Å². The molecule has 0 aliphatic carbocycles. The van der Waals surface area contributed by atoms with E-state index in [1.807, 2.05) is 31.2 Å². The van der Waals surface area contributed by atoms with Crippen molar-refractivity contribution in [2.75, 3.05) is 12.9 Å². The molecule has 0 aliphatic heterocycles. The molecule has 3 rings (SSSR count). The Morgan fingerprint density at radius 1 is 1.20 bits per heavy atom. The van der Waals surface area contributed by atoms with E-state index in [0.29, 0.717) is 21.9 Å². The number of carbonyl (C=O) groups excluding carboxylic acids is 1. The fourth-order valence-corrected chi connectivity index (χ4v) is 3.30. The highest BCUT2D eigenvalue weighted by molar-refractivity contribution is 8.00. The molecular weight excluding hydrogens is 332 g/mol. The van der Waals surface area contributed by atoms with Gasteiger partial charge in [-0.1, -0.05) is 23.9 Å². The number of Topliss-reactive ketones (excluding diaryl/α,β-unsaturated/α-hetero) is 1. The first-order valence-electron chi connectivity index (χ1n) is 7.72. The van der Waals surface area contributed by atoms with E-state index in [1.54, 1.807) is 31.4 Å². The molecule has 0 unspecified atom stereocenters. The average Bonchev–Trinajstić information content (AvgIpc) is 2.65. The monoisotopic (exact) mass is 348 g/mol. The molecule has 0 bridgehead atoms. The van der Waals surface area contributed by atoms with E-state index >= 15 is 0 Å². The lowest BCUT2D eigenvalue weighted by Crippen LogP contribution is -2.03. The van der Waals surface area contributed by atoms with Crippen molar-refractivity contribution in [3.05, 3.63) is 65.2 Å². The molecule has 0 aliphatic rings. The first-order valence-corrected chi connectivity index (χ1v) is 8.71. The number of ether oxygens (including phenoxy) is 1. The van der Waals surface area contributed by atoms with Crippen LogP contribution < -0.4 is 4.74 Å². The minimum Gasteiger partial charge on any atom is -0.497 e. The standard InChI is InChI=1S/C20H16N2O2S/c1-13-3-4-15-10-16(11-21)20(22-18(15)9-13)25-12-19(23)14-5-7-17(24-2)8-6-14/h3-10H,12H2,1-2H3. The van der Waals surface area contributed by atoms with Crippen molar-refractivity contribution in [1.82, 2.24) is 4.98 Å². The van der Waals surface area contributed by atoms with E-state index in [9.17, 15) is 10.1 Å². The van der Waals surface area contributed by atoms with Crippen LogP contribution in [0.3, 0.4) is 0 Å². The SMILES string of the molecule is COc1ccc(C(=O)CSc2nc3cc(C)ccc3cc2C#N)cc1. The third-order valence-corrected chi connectivity index (χ3v) is 4.80. The third-order valence-electron chi connectivity index (χ3n) is 3.81. The highest BCUT2D eigenvalue weighted by Gasteiger charge is 2.12. The molecule has 0 N–H and O–H groups in total. The lowest BCUT2D eigenvalue weighted by Gasteiger charge is -2.06. The number of nitrogens with zero attached hydrogens (tertiary/aromatic N) is 2. The number of hydrogen-bond acceptors (Lipinski definition) is 5. The van der Waals surface area contributed by atoms with Crippen molar-refractivity contribution < 1.29 is 9.53 Å². The molecule has 0 amide bonds. The Labute approximate surface area is 150 Å². The lowest BCUT2D eigenvalue weighted by molar-refractivity contribution is 0.102. The predicted octanol–water partition coefficient (Wildman–Crippen LogP) is 4.40. The van der Waals surface area contributed by atoms with Gasteiger partial charge in [-0.2, -0.15) is 5.26 Å². The maximum absolute atomic E-state index is 12.4. The number of pyridine rings is 1. The Bertz CT molecular complexity index is 975. The number of benzene rings is 2. The first kappa shape index (κ1) is 17.0. The van der Waals surface area contributed by atoms with Gasteiger partial charge in [0, 0.05) is 10.9 Å². The van der Waals surface area contributed by atoms with Gasteiger partial charge in [0.2, 0.25) is 0 Å². The van der Waals surface area contributed by atoms with Crippen LogP contribution in [0, 0.1) is 18.3 Å². The molecule has 0 saturated heterocycles. The number of ketones is 1. The molecular formula is C20H16N2O2S. The maximum atomic E-state index is 12.4. The molecule has 25 heavy (non-hydrogen) atoms. The van der Waals surface area contributed by atoms with E-state index in [-0.39, 0.29) is 11.5 Å². The number of hydrogen-bond donors (Lipinski definition) is 0. The second-order valence-corrected chi connectivity index (χ2v) is 6.55. The van der Waals surface area contributed by atoms with E-state index in [1.165, 1.54) is 11.8 Å². The summed E-state index contributed by atoms with van der Waals surface area (Å²) in [6, 6.07) is 16.9. The van der Waals surface area contributed by atoms with Crippen molar-refractivity contribution in [3.63, 3.8) is 0 Å². The molecule has 0 radical (unpaired) electrons. The Hall–Kier alpha value is -2.84. The van der Waals surface area contributed by atoms with Crippen molar-refractivity contribution in [2.45, 2.75) is 11.9 Å². The zero-order valence-corrected chi connectivity index (χ0v) is 14.8. The highest BCUT2D eigenvalue weighted by Crippen LogP contribution is 2.26. The van der Waals surface area contributed by atoms with Gasteiger partial charge >= 0.3 is 0 Å². The Morgan fingerprint density at radius 3 is 2.64 bits per heavy atom. The third kappa shape index (κ3) is 3.81. The van der Waals surface area contributed by atoms with Gasteiger partial charge in [-0.05, 0) is 48.9 Å². The predicted molar refractivity (Wildman–Crippen MR) is 99.2 cm³/mol. The van der Waals surface area contributed by atoms with Crippen LogP contribution in [0.4, 0.5) is 0 Å². The van der Waals surface area contributed by atoms with E-state index in [2.05, 4.69) is 11.1 Å². The molecule has 1 heterocycles. The van der Waals surface area contributed by atoms with Crippen molar-refractivity contribution in [1.29, 1.82) is 5.26 Å². The highest BCUT2D eigenvalue weighted by atomic mass is 32.2. The number of aryl methyl sites for hydroxylation is 1. The number of rotatable bonds is 5. The van der Waals surface area contributed by atoms with Gasteiger partial charge in [-0.25, -0.2) is 4.98 Å².